The third-order valence-electron chi connectivity index (χ3n) is 3.79. The van der Waals surface area contributed by atoms with Crippen molar-refractivity contribution in [3.63, 3.8) is 0 Å². The summed E-state index contributed by atoms with van der Waals surface area (Å²) >= 11 is 0. The van der Waals surface area contributed by atoms with Crippen molar-refractivity contribution >= 4 is 11.8 Å². The van der Waals surface area contributed by atoms with Gasteiger partial charge in [-0.05, 0) is 24.3 Å². The third-order valence-corrected chi connectivity index (χ3v) is 3.79. The molecule has 0 radical (unpaired) electrons. The van der Waals surface area contributed by atoms with Crippen molar-refractivity contribution in [2.45, 2.75) is 12.6 Å². The van der Waals surface area contributed by atoms with Gasteiger partial charge in [0.05, 0.1) is 20.2 Å². The Bertz CT molecular complexity index is 741. The maximum Gasteiger partial charge on any atom is 0.268 e. The van der Waals surface area contributed by atoms with Crippen molar-refractivity contribution < 1.29 is 19.1 Å². The van der Waals surface area contributed by atoms with Crippen LogP contribution in [0.5, 0.6) is 11.5 Å². The average molecular weight is 329 g/mol. The molecule has 0 saturated heterocycles. The van der Waals surface area contributed by atoms with E-state index < -0.39 is 6.04 Å². The van der Waals surface area contributed by atoms with E-state index in [0.29, 0.717) is 36.9 Å². The molecule has 1 aliphatic heterocycles. The van der Waals surface area contributed by atoms with Crippen LogP contribution in [0, 0.1) is 0 Å². The zero-order valence-electron chi connectivity index (χ0n) is 13.3. The van der Waals surface area contributed by atoms with Crippen molar-refractivity contribution in [1.29, 1.82) is 0 Å². The SMILES string of the molecule is COc1ccccc1OCCNC(=O)C1Cn2cccc2C(=O)N1. The highest BCUT2D eigenvalue weighted by Crippen LogP contribution is 2.25. The van der Waals surface area contributed by atoms with Crippen LogP contribution in [0.1, 0.15) is 10.5 Å². The van der Waals surface area contributed by atoms with Gasteiger partial charge >= 0.3 is 0 Å². The Kier molecular flexibility index (Phi) is 4.69. The quantitative estimate of drug-likeness (QED) is 0.768. The molecule has 126 valence electrons. The van der Waals surface area contributed by atoms with Crippen LogP contribution in [-0.2, 0) is 11.3 Å². The third kappa shape index (κ3) is 3.34. The van der Waals surface area contributed by atoms with Crippen LogP contribution in [0.15, 0.2) is 42.6 Å². The summed E-state index contributed by atoms with van der Waals surface area (Å²) in [5.74, 6) is 0.795. The van der Waals surface area contributed by atoms with Crippen LogP contribution >= 0.6 is 0 Å². The number of carbonyl (C=O) groups excluding carboxylic acids is 2. The number of ether oxygens (including phenoxy) is 2. The number of amides is 2. The molecule has 0 fully saturated rings. The van der Waals surface area contributed by atoms with E-state index in [0.717, 1.165) is 0 Å². The number of fused-ring (bicyclic) bond motifs is 1. The summed E-state index contributed by atoms with van der Waals surface area (Å²) in [6.45, 7) is 1.07. The summed E-state index contributed by atoms with van der Waals surface area (Å²) in [7, 11) is 1.57. The molecular formula is C17H19N3O4. The Morgan fingerprint density at radius 1 is 1.29 bits per heavy atom. The number of hydrogen-bond acceptors (Lipinski definition) is 4. The minimum atomic E-state index is -0.580. The lowest BCUT2D eigenvalue weighted by atomic mass is 10.2. The molecule has 0 bridgehead atoms. The average Bonchev–Trinajstić information content (AvgIpc) is 3.08. The van der Waals surface area contributed by atoms with Gasteiger partial charge in [-0.1, -0.05) is 12.1 Å². The van der Waals surface area contributed by atoms with Crippen molar-refractivity contribution in [3.05, 3.63) is 48.3 Å². The summed E-state index contributed by atoms with van der Waals surface area (Å²) in [6, 6.07) is 10.2. The van der Waals surface area contributed by atoms with Gasteiger partial charge in [-0.2, -0.15) is 0 Å². The van der Waals surface area contributed by atoms with Crippen LogP contribution in [0.25, 0.3) is 0 Å². The number of nitrogens with zero attached hydrogens (tertiary/aromatic N) is 1. The number of nitrogens with one attached hydrogen (secondary N) is 2. The Hall–Kier alpha value is -2.96. The van der Waals surface area contributed by atoms with E-state index in [-0.39, 0.29) is 11.8 Å². The maximum atomic E-state index is 12.2. The van der Waals surface area contributed by atoms with Crippen LogP contribution in [-0.4, -0.2) is 42.7 Å². The van der Waals surface area contributed by atoms with Crippen LogP contribution < -0.4 is 20.1 Å². The van der Waals surface area contributed by atoms with E-state index in [4.69, 9.17) is 9.47 Å². The smallest absolute Gasteiger partial charge is 0.268 e. The second kappa shape index (κ2) is 7.08. The summed E-state index contributed by atoms with van der Waals surface area (Å²) < 4.78 is 12.6. The standard InChI is InChI=1S/C17H19N3O4/c1-23-14-6-2-3-7-15(14)24-10-8-18-16(21)12-11-20-9-4-5-13(20)17(22)19-12/h2-7,9,12H,8,10-11H2,1H3,(H,18,21)(H,19,22). The molecule has 0 spiro atoms. The van der Waals surface area contributed by atoms with Gasteiger partial charge in [0.2, 0.25) is 5.91 Å². The molecular weight excluding hydrogens is 310 g/mol. The van der Waals surface area contributed by atoms with Gasteiger partial charge in [0.25, 0.3) is 5.91 Å². The second-order valence-corrected chi connectivity index (χ2v) is 5.36. The van der Waals surface area contributed by atoms with Crippen LogP contribution in [0.3, 0.4) is 0 Å². The van der Waals surface area contributed by atoms with Crippen molar-refractivity contribution in [2.75, 3.05) is 20.3 Å². The first kappa shape index (κ1) is 15.9. The Morgan fingerprint density at radius 2 is 2.08 bits per heavy atom. The number of para-hydroxylation sites is 2. The molecule has 2 aromatic rings. The predicted octanol–water partition coefficient (Wildman–Crippen LogP) is 0.804. The van der Waals surface area contributed by atoms with Gasteiger partial charge in [-0.25, -0.2) is 0 Å². The number of hydrogen-bond donors (Lipinski definition) is 2. The number of benzene rings is 1. The summed E-state index contributed by atoms with van der Waals surface area (Å²) in [6.07, 6.45) is 1.79. The fourth-order valence-electron chi connectivity index (χ4n) is 2.60. The minimum Gasteiger partial charge on any atom is -0.493 e. The van der Waals surface area contributed by atoms with E-state index >= 15 is 0 Å². The highest BCUT2D eigenvalue weighted by atomic mass is 16.5. The monoisotopic (exact) mass is 329 g/mol. The molecule has 24 heavy (non-hydrogen) atoms. The van der Waals surface area contributed by atoms with E-state index in [9.17, 15) is 9.59 Å². The van der Waals surface area contributed by atoms with E-state index in [1.54, 1.807) is 42.1 Å². The minimum absolute atomic E-state index is 0.230. The maximum absolute atomic E-state index is 12.2. The molecule has 0 saturated carbocycles. The van der Waals surface area contributed by atoms with Crippen molar-refractivity contribution in [1.82, 2.24) is 15.2 Å². The van der Waals surface area contributed by atoms with Gasteiger partial charge in [0, 0.05) is 6.20 Å². The molecule has 2 heterocycles. The second-order valence-electron chi connectivity index (χ2n) is 5.36. The Labute approximate surface area is 139 Å². The predicted molar refractivity (Wildman–Crippen MR) is 87.2 cm³/mol. The highest BCUT2D eigenvalue weighted by molar-refractivity contribution is 5.97. The highest BCUT2D eigenvalue weighted by Gasteiger charge is 2.28. The molecule has 0 aliphatic carbocycles. The molecule has 2 N–H and O–H groups in total. The van der Waals surface area contributed by atoms with Gasteiger partial charge in [0.15, 0.2) is 11.5 Å². The molecule has 1 unspecified atom stereocenters. The lowest BCUT2D eigenvalue weighted by molar-refractivity contribution is -0.123. The van der Waals surface area contributed by atoms with Gasteiger partial charge in [-0.15, -0.1) is 0 Å². The molecule has 1 atom stereocenters. The zero-order valence-corrected chi connectivity index (χ0v) is 13.3. The molecule has 1 aliphatic rings. The van der Waals surface area contributed by atoms with E-state index in [1.807, 2.05) is 12.1 Å². The first-order chi connectivity index (χ1) is 11.7. The number of methoxy groups -OCH3 is 1. The summed E-state index contributed by atoms with van der Waals surface area (Å²) in [5, 5.41) is 5.47. The largest absolute Gasteiger partial charge is 0.493 e. The first-order valence-corrected chi connectivity index (χ1v) is 7.68. The molecule has 7 nitrogen and oxygen atoms in total. The lowest BCUT2D eigenvalue weighted by Crippen LogP contribution is -2.53. The molecule has 7 heteroatoms. The molecule has 3 rings (SSSR count). The van der Waals surface area contributed by atoms with Gasteiger partial charge < -0.3 is 24.7 Å². The van der Waals surface area contributed by atoms with Gasteiger partial charge in [0.1, 0.15) is 18.3 Å². The Balaban J connectivity index is 1.47. The lowest BCUT2D eigenvalue weighted by Gasteiger charge is -2.24. The van der Waals surface area contributed by atoms with Gasteiger partial charge in [-0.3, -0.25) is 9.59 Å². The number of aromatic nitrogens is 1. The zero-order chi connectivity index (χ0) is 16.9. The summed E-state index contributed by atoms with van der Waals surface area (Å²) in [4.78, 5) is 24.1. The topological polar surface area (TPSA) is 81.6 Å². The Morgan fingerprint density at radius 3 is 2.88 bits per heavy atom. The van der Waals surface area contributed by atoms with Crippen LogP contribution in [0.4, 0.5) is 0 Å². The summed E-state index contributed by atoms with van der Waals surface area (Å²) in [5.41, 5.74) is 0.568. The van der Waals surface area contributed by atoms with E-state index in [1.165, 1.54) is 0 Å². The number of rotatable bonds is 6. The molecule has 2 amide bonds. The van der Waals surface area contributed by atoms with E-state index in [2.05, 4.69) is 10.6 Å². The number of carbonyl (C=O) groups is 2. The first-order valence-electron chi connectivity index (χ1n) is 7.68. The van der Waals surface area contributed by atoms with Crippen molar-refractivity contribution in [3.8, 4) is 11.5 Å². The molecule has 1 aromatic carbocycles. The van der Waals surface area contributed by atoms with Crippen LogP contribution in [0.2, 0.25) is 0 Å². The fourth-order valence-corrected chi connectivity index (χ4v) is 2.60. The normalized spacial score (nSPS) is 16.0. The fraction of sp³-hybridized carbons (Fsp3) is 0.294. The van der Waals surface area contributed by atoms with Crippen molar-refractivity contribution in [2.24, 2.45) is 0 Å². The molecule has 1 aromatic heterocycles.